The molecule has 1 aromatic carbocycles. The van der Waals surface area contributed by atoms with E-state index in [1.165, 1.54) is 0 Å². The first-order chi connectivity index (χ1) is 8.09. The van der Waals surface area contributed by atoms with Crippen molar-refractivity contribution < 1.29 is 30.2 Å². The van der Waals surface area contributed by atoms with Gasteiger partial charge in [-0.1, -0.05) is 0 Å². The lowest BCUT2D eigenvalue weighted by molar-refractivity contribution is -0.137. The molecule has 0 N–H and O–H groups in total. The molecule has 0 saturated heterocycles. The van der Waals surface area contributed by atoms with Gasteiger partial charge in [-0.3, -0.25) is 4.18 Å². The van der Waals surface area contributed by atoms with Crippen molar-refractivity contribution in [1.29, 1.82) is 0 Å². The van der Waals surface area contributed by atoms with Crippen LogP contribution in [0.5, 0.6) is 0 Å². The molecule has 0 amide bonds. The number of rotatable bonds is 4. The number of benzene rings is 1. The third kappa shape index (κ3) is 4.61. The Kier molecular flexibility index (Phi) is 4.33. The average molecular weight is 286 g/mol. The molecule has 0 atom stereocenters. The zero-order valence-electron chi connectivity index (χ0n) is 9.29. The Morgan fingerprint density at radius 2 is 1.89 bits per heavy atom. The molecule has 102 valence electrons. The number of hydrogen-bond acceptors (Lipinski definition) is 3. The predicted molar refractivity (Wildman–Crippen MR) is 55.9 cm³/mol. The average Bonchev–Trinajstić information content (AvgIpc) is 2.17. The predicted octanol–water partition coefficient (Wildman–Crippen LogP) is 2.36. The van der Waals surface area contributed by atoms with E-state index in [4.69, 9.17) is 0 Å². The van der Waals surface area contributed by atoms with Crippen LogP contribution in [0.4, 0.5) is 17.6 Å². The van der Waals surface area contributed by atoms with Gasteiger partial charge in [0.15, 0.2) is 0 Å². The number of halogens is 4. The van der Waals surface area contributed by atoms with Crippen molar-refractivity contribution in [1.82, 2.24) is 0 Å². The van der Waals surface area contributed by atoms with Crippen molar-refractivity contribution in [2.24, 2.45) is 0 Å². The molecule has 0 aliphatic rings. The highest BCUT2D eigenvalue weighted by atomic mass is 32.2. The van der Waals surface area contributed by atoms with Crippen LogP contribution in [-0.4, -0.2) is 21.3 Å². The van der Waals surface area contributed by atoms with Gasteiger partial charge in [0.25, 0.3) is 10.1 Å². The van der Waals surface area contributed by atoms with Gasteiger partial charge in [-0.2, -0.15) is 21.6 Å². The van der Waals surface area contributed by atoms with Crippen LogP contribution in [0.2, 0.25) is 0 Å². The fourth-order valence-electron chi connectivity index (χ4n) is 1.25. The molecule has 0 radical (unpaired) electrons. The van der Waals surface area contributed by atoms with Crippen LogP contribution in [0, 0.1) is 5.82 Å². The van der Waals surface area contributed by atoms with Gasteiger partial charge in [0, 0.05) is 6.42 Å². The van der Waals surface area contributed by atoms with Gasteiger partial charge in [-0.05, 0) is 23.8 Å². The van der Waals surface area contributed by atoms with Crippen LogP contribution >= 0.6 is 0 Å². The van der Waals surface area contributed by atoms with E-state index >= 15 is 0 Å². The topological polar surface area (TPSA) is 43.4 Å². The quantitative estimate of drug-likeness (QED) is 0.630. The van der Waals surface area contributed by atoms with E-state index in [2.05, 4.69) is 4.18 Å². The fraction of sp³-hybridized carbons (Fsp3) is 0.400. The van der Waals surface area contributed by atoms with E-state index in [1.54, 1.807) is 0 Å². The second kappa shape index (κ2) is 5.23. The summed E-state index contributed by atoms with van der Waals surface area (Å²) in [4.78, 5) is 0. The Hall–Kier alpha value is -1.15. The fourth-order valence-corrected chi connectivity index (χ4v) is 1.63. The summed E-state index contributed by atoms with van der Waals surface area (Å²) in [6, 6.07) is 1.95. The third-order valence-corrected chi connectivity index (χ3v) is 2.64. The van der Waals surface area contributed by atoms with Gasteiger partial charge >= 0.3 is 6.18 Å². The van der Waals surface area contributed by atoms with Crippen LogP contribution in [0.25, 0.3) is 0 Å². The molecule has 0 aliphatic heterocycles. The summed E-state index contributed by atoms with van der Waals surface area (Å²) in [6.07, 6.45) is -4.03. The molecule has 0 aliphatic carbocycles. The van der Waals surface area contributed by atoms with E-state index in [-0.39, 0.29) is 12.0 Å². The lowest BCUT2D eigenvalue weighted by Crippen LogP contribution is -2.09. The van der Waals surface area contributed by atoms with Crippen molar-refractivity contribution in [2.75, 3.05) is 12.9 Å². The largest absolute Gasteiger partial charge is 0.416 e. The zero-order valence-corrected chi connectivity index (χ0v) is 10.1. The maximum Gasteiger partial charge on any atom is 0.416 e. The molecule has 0 aromatic heterocycles. The number of hydrogen-bond donors (Lipinski definition) is 0. The maximum atomic E-state index is 13.2. The highest BCUT2D eigenvalue weighted by Crippen LogP contribution is 2.30. The molecule has 0 unspecified atom stereocenters. The Balaban J connectivity index is 2.82. The molecule has 8 heteroatoms. The Morgan fingerprint density at radius 1 is 1.28 bits per heavy atom. The van der Waals surface area contributed by atoms with E-state index in [0.29, 0.717) is 18.2 Å². The van der Waals surface area contributed by atoms with Gasteiger partial charge in [0.1, 0.15) is 5.82 Å². The molecular formula is C10H10F4O3S. The van der Waals surface area contributed by atoms with Gasteiger partial charge < -0.3 is 0 Å². The van der Waals surface area contributed by atoms with Crippen molar-refractivity contribution in [2.45, 2.75) is 12.6 Å². The summed E-state index contributed by atoms with van der Waals surface area (Å²) >= 11 is 0. The second-order valence-corrected chi connectivity index (χ2v) is 5.22. The highest BCUT2D eigenvalue weighted by Gasteiger charge is 2.31. The Bertz CT molecular complexity index is 522. The first-order valence-electron chi connectivity index (χ1n) is 4.79. The molecule has 3 nitrogen and oxygen atoms in total. The van der Waals surface area contributed by atoms with Crippen molar-refractivity contribution in [3.8, 4) is 0 Å². The molecular weight excluding hydrogens is 276 g/mol. The van der Waals surface area contributed by atoms with E-state index in [1.807, 2.05) is 0 Å². The summed E-state index contributed by atoms with van der Waals surface area (Å²) in [5, 5.41) is 0. The Morgan fingerprint density at radius 3 is 2.39 bits per heavy atom. The van der Waals surface area contributed by atoms with E-state index < -0.39 is 34.3 Å². The summed E-state index contributed by atoms with van der Waals surface area (Å²) in [5.41, 5.74) is -1.23. The van der Waals surface area contributed by atoms with Crippen molar-refractivity contribution in [3.05, 3.63) is 35.1 Å². The molecule has 1 aromatic rings. The van der Waals surface area contributed by atoms with Crippen LogP contribution in [-0.2, 0) is 26.9 Å². The monoisotopic (exact) mass is 286 g/mol. The first kappa shape index (κ1) is 14.9. The van der Waals surface area contributed by atoms with E-state index in [9.17, 15) is 26.0 Å². The molecule has 18 heavy (non-hydrogen) atoms. The first-order valence-corrected chi connectivity index (χ1v) is 6.61. The van der Waals surface area contributed by atoms with Crippen LogP contribution in [0.3, 0.4) is 0 Å². The number of alkyl halides is 3. The van der Waals surface area contributed by atoms with Crippen LogP contribution < -0.4 is 0 Å². The van der Waals surface area contributed by atoms with Crippen molar-refractivity contribution >= 4 is 10.1 Å². The SMILES string of the molecule is CS(=O)(=O)OCCc1cc(C(F)(F)F)ccc1F. The van der Waals surface area contributed by atoms with Crippen molar-refractivity contribution in [3.63, 3.8) is 0 Å². The standard InChI is InChI=1S/C10H10F4O3S/c1-18(15,16)17-5-4-7-6-8(10(12,13)14)2-3-9(7)11/h2-3,6H,4-5H2,1H3. The summed E-state index contributed by atoms with van der Waals surface area (Å²) in [5.74, 6) is -0.833. The minimum atomic E-state index is -4.57. The van der Waals surface area contributed by atoms with Gasteiger partial charge in [-0.25, -0.2) is 4.39 Å². The van der Waals surface area contributed by atoms with Crippen LogP contribution in [0.1, 0.15) is 11.1 Å². The molecule has 1 rings (SSSR count). The van der Waals surface area contributed by atoms with Gasteiger partial charge in [0.2, 0.25) is 0 Å². The van der Waals surface area contributed by atoms with Gasteiger partial charge in [-0.15, -0.1) is 0 Å². The minimum absolute atomic E-state index is 0.242. The smallest absolute Gasteiger partial charge is 0.270 e. The third-order valence-electron chi connectivity index (χ3n) is 2.04. The normalized spacial score (nSPS) is 12.7. The van der Waals surface area contributed by atoms with Crippen LogP contribution in [0.15, 0.2) is 18.2 Å². The molecule has 0 spiro atoms. The molecule has 0 saturated carbocycles. The maximum absolute atomic E-state index is 13.2. The second-order valence-electron chi connectivity index (χ2n) is 3.58. The molecule has 0 heterocycles. The summed E-state index contributed by atoms with van der Waals surface area (Å²) in [6.45, 7) is -0.406. The highest BCUT2D eigenvalue weighted by molar-refractivity contribution is 7.85. The minimum Gasteiger partial charge on any atom is -0.270 e. The van der Waals surface area contributed by atoms with E-state index in [0.717, 1.165) is 6.26 Å². The lowest BCUT2D eigenvalue weighted by atomic mass is 10.1. The lowest BCUT2D eigenvalue weighted by Gasteiger charge is -2.09. The Labute approximate surface area is 102 Å². The zero-order chi connectivity index (χ0) is 14.0. The summed E-state index contributed by atoms with van der Waals surface area (Å²) in [7, 11) is -3.69. The molecule has 0 bridgehead atoms. The molecule has 0 fully saturated rings. The van der Waals surface area contributed by atoms with Gasteiger partial charge in [0.05, 0.1) is 18.4 Å². The summed E-state index contributed by atoms with van der Waals surface area (Å²) < 4.78 is 75.9.